The van der Waals surface area contributed by atoms with Gasteiger partial charge in [0.1, 0.15) is 5.69 Å². The van der Waals surface area contributed by atoms with E-state index in [1.54, 1.807) is 6.92 Å². The second kappa shape index (κ2) is 4.93. The van der Waals surface area contributed by atoms with Gasteiger partial charge >= 0.3 is 12.4 Å². The molecule has 1 aliphatic heterocycles. The molecule has 116 valence electrons. The molecule has 0 aromatic carbocycles. The molecule has 0 radical (unpaired) electrons. The van der Waals surface area contributed by atoms with Crippen molar-refractivity contribution >= 4 is 23.8 Å². The lowest BCUT2D eigenvalue weighted by Gasteiger charge is -2.25. The van der Waals surface area contributed by atoms with Crippen LogP contribution in [0.1, 0.15) is 24.0 Å². The van der Waals surface area contributed by atoms with Crippen LogP contribution < -0.4 is 10.0 Å². The Bertz CT molecular complexity index is 596. The molecule has 1 aromatic heterocycles. The van der Waals surface area contributed by atoms with Crippen molar-refractivity contribution in [2.24, 2.45) is 10.1 Å². The highest BCUT2D eigenvalue weighted by molar-refractivity contribution is 7.99. The molecule has 0 atom stereocenters. The number of halogens is 6. The lowest BCUT2D eigenvalue weighted by molar-refractivity contribution is -0.167. The fourth-order valence-electron chi connectivity index (χ4n) is 1.55. The first kappa shape index (κ1) is 15.7. The van der Waals surface area contributed by atoms with E-state index in [1.807, 2.05) is 0 Å². The second-order valence-electron chi connectivity index (χ2n) is 3.84. The van der Waals surface area contributed by atoms with Crippen LogP contribution >= 0.6 is 12.1 Å². The number of hydrogen-bond acceptors (Lipinski definition) is 6. The molecule has 5 nitrogen and oxygen atoms in total. The second-order valence-corrected chi connectivity index (χ2v) is 4.63. The SMILES string of the molecule is CCN1SN=C(N)c2nc(C(F)(F)F)c(C(F)(F)F)nc21. The Hall–Kier alpha value is -1.72. The Balaban J connectivity index is 2.76. The summed E-state index contributed by atoms with van der Waals surface area (Å²) < 4.78 is 81.4. The highest BCUT2D eigenvalue weighted by atomic mass is 32.2. The Morgan fingerprint density at radius 1 is 1.05 bits per heavy atom. The van der Waals surface area contributed by atoms with Crippen LogP contribution in [0.3, 0.4) is 0 Å². The van der Waals surface area contributed by atoms with E-state index in [0.717, 1.165) is 4.31 Å². The lowest BCUT2D eigenvalue weighted by Crippen LogP contribution is -2.31. The first-order chi connectivity index (χ1) is 9.55. The summed E-state index contributed by atoms with van der Waals surface area (Å²) in [6, 6.07) is 0. The van der Waals surface area contributed by atoms with E-state index < -0.39 is 41.1 Å². The van der Waals surface area contributed by atoms with Gasteiger partial charge in [-0.25, -0.2) is 9.97 Å². The zero-order valence-electron chi connectivity index (χ0n) is 10.2. The maximum absolute atomic E-state index is 12.8. The van der Waals surface area contributed by atoms with Crippen LogP contribution in [0.5, 0.6) is 0 Å². The number of amidine groups is 1. The number of rotatable bonds is 1. The van der Waals surface area contributed by atoms with Crippen LogP contribution in [0.25, 0.3) is 0 Å². The van der Waals surface area contributed by atoms with E-state index in [-0.39, 0.29) is 6.54 Å². The molecule has 2 N–H and O–H groups in total. The van der Waals surface area contributed by atoms with Gasteiger partial charge in [0.05, 0.1) is 12.1 Å². The van der Waals surface area contributed by atoms with Crippen LogP contribution in [-0.4, -0.2) is 22.3 Å². The molecular formula is C9H7F6N5S. The van der Waals surface area contributed by atoms with E-state index in [2.05, 4.69) is 14.4 Å². The molecule has 0 spiro atoms. The minimum absolute atomic E-state index is 0.159. The predicted molar refractivity (Wildman–Crippen MR) is 63.4 cm³/mol. The van der Waals surface area contributed by atoms with E-state index in [0.29, 0.717) is 12.1 Å². The van der Waals surface area contributed by atoms with Gasteiger partial charge in [-0.05, 0) is 6.92 Å². The molecule has 0 fully saturated rings. The standard InChI is InChI=1S/C9H7F6N5S/c1-2-20-7-3(6(16)19-21-20)17-4(8(10,11)12)5(18-7)9(13,14)15/h2H2,1H3,(H2,16,19). The van der Waals surface area contributed by atoms with Crippen LogP contribution in [0.4, 0.5) is 32.2 Å². The summed E-state index contributed by atoms with van der Waals surface area (Å²) in [6.45, 7) is 1.73. The van der Waals surface area contributed by atoms with Crippen molar-refractivity contribution in [3.8, 4) is 0 Å². The zero-order valence-corrected chi connectivity index (χ0v) is 11.1. The van der Waals surface area contributed by atoms with E-state index in [1.165, 1.54) is 0 Å². The van der Waals surface area contributed by atoms with Gasteiger partial charge < -0.3 is 5.73 Å². The van der Waals surface area contributed by atoms with Gasteiger partial charge in [-0.3, -0.25) is 4.31 Å². The molecule has 0 amide bonds. The molecule has 2 heterocycles. The van der Waals surface area contributed by atoms with Gasteiger partial charge in [-0.1, -0.05) is 0 Å². The fourth-order valence-corrected chi connectivity index (χ4v) is 2.14. The smallest absolute Gasteiger partial charge is 0.381 e. The molecule has 2 rings (SSSR count). The summed E-state index contributed by atoms with van der Waals surface area (Å²) in [6.07, 6.45) is -10.6. The number of aromatic nitrogens is 2. The van der Waals surface area contributed by atoms with Crippen molar-refractivity contribution in [1.82, 2.24) is 9.97 Å². The molecule has 0 bridgehead atoms. The highest BCUT2D eigenvalue weighted by Gasteiger charge is 2.48. The maximum Gasteiger partial charge on any atom is 0.435 e. The molecule has 0 aliphatic carbocycles. The van der Waals surface area contributed by atoms with Gasteiger partial charge in [0.2, 0.25) is 0 Å². The van der Waals surface area contributed by atoms with E-state index in [9.17, 15) is 26.3 Å². The summed E-state index contributed by atoms with van der Waals surface area (Å²) in [5, 5.41) is 0. The average molecular weight is 331 g/mol. The van der Waals surface area contributed by atoms with Crippen molar-refractivity contribution in [2.45, 2.75) is 19.3 Å². The Labute approximate surface area is 118 Å². The van der Waals surface area contributed by atoms with Crippen molar-refractivity contribution in [3.05, 3.63) is 17.1 Å². The van der Waals surface area contributed by atoms with Crippen LogP contribution in [0, 0.1) is 0 Å². The third kappa shape index (κ3) is 2.84. The number of alkyl halides is 6. The van der Waals surface area contributed by atoms with Crippen molar-refractivity contribution in [3.63, 3.8) is 0 Å². The molecule has 0 saturated carbocycles. The molecule has 21 heavy (non-hydrogen) atoms. The first-order valence-electron chi connectivity index (χ1n) is 5.40. The van der Waals surface area contributed by atoms with Gasteiger partial charge in [0, 0.05) is 6.54 Å². The zero-order chi connectivity index (χ0) is 16.0. The van der Waals surface area contributed by atoms with Crippen molar-refractivity contribution < 1.29 is 26.3 Å². The third-order valence-corrected chi connectivity index (χ3v) is 3.32. The minimum atomic E-state index is -5.31. The molecule has 0 saturated heterocycles. The van der Waals surface area contributed by atoms with E-state index in [4.69, 9.17) is 5.73 Å². The third-order valence-electron chi connectivity index (χ3n) is 2.42. The average Bonchev–Trinajstić information content (AvgIpc) is 2.36. The normalized spacial score (nSPS) is 15.8. The predicted octanol–water partition coefficient (Wildman–Crippen LogP) is 2.62. The maximum atomic E-state index is 12.8. The van der Waals surface area contributed by atoms with Gasteiger partial charge in [0.15, 0.2) is 23.0 Å². The minimum Gasteiger partial charge on any atom is -0.381 e. The number of anilines is 1. The Kier molecular flexibility index (Phi) is 3.68. The number of fused-ring (bicyclic) bond motifs is 1. The van der Waals surface area contributed by atoms with Crippen molar-refractivity contribution in [1.29, 1.82) is 0 Å². The molecular weight excluding hydrogens is 324 g/mol. The molecule has 12 heteroatoms. The van der Waals surface area contributed by atoms with Crippen LogP contribution in [0.2, 0.25) is 0 Å². The fraction of sp³-hybridized carbons (Fsp3) is 0.444. The Morgan fingerprint density at radius 2 is 1.57 bits per heavy atom. The number of nitrogens with zero attached hydrogens (tertiary/aromatic N) is 4. The molecule has 1 aromatic rings. The summed E-state index contributed by atoms with van der Waals surface area (Å²) in [5.74, 6) is -0.804. The lowest BCUT2D eigenvalue weighted by atomic mass is 10.2. The quantitative estimate of drug-likeness (QED) is 0.633. The van der Waals surface area contributed by atoms with Crippen LogP contribution in [0.15, 0.2) is 4.40 Å². The van der Waals surface area contributed by atoms with Gasteiger partial charge in [-0.2, -0.15) is 30.7 Å². The summed E-state index contributed by atoms with van der Waals surface area (Å²) in [4.78, 5) is 6.10. The molecule has 1 aliphatic rings. The van der Waals surface area contributed by atoms with Crippen LogP contribution in [-0.2, 0) is 12.4 Å². The molecule has 0 unspecified atom stereocenters. The van der Waals surface area contributed by atoms with Gasteiger partial charge in [-0.15, -0.1) is 0 Å². The number of hydrogen-bond donors (Lipinski definition) is 1. The highest BCUT2D eigenvalue weighted by Crippen LogP contribution is 2.41. The largest absolute Gasteiger partial charge is 0.435 e. The summed E-state index contributed by atoms with van der Waals surface area (Å²) >= 11 is 0.692. The topological polar surface area (TPSA) is 67.4 Å². The number of nitrogens with two attached hydrogens (primary N) is 1. The van der Waals surface area contributed by atoms with Crippen molar-refractivity contribution in [2.75, 3.05) is 10.8 Å². The van der Waals surface area contributed by atoms with E-state index >= 15 is 0 Å². The van der Waals surface area contributed by atoms with Gasteiger partial charge in [0.25, 0.3) is 0 Å². The monoisotopic (exact) mass is 331 g/mol. The Morgan fingerprint density at radius 3 is 2.05 bits per heavy atom. The summed E-state index contributed by atoms with van der Waals surface area (Å²) in [5.41, 5.74) is 0.644. The first-order valence-corrected chi connectivity index (χ1v) is 6.13. The summed E-state index contributed by atoms with van der Waals surface area (Å²) in [7, 11) is 0.